The summed E-state index contributed by atoms with van der Waals surface area (Å²) in [5, 5.41) is 10.6. The molecular formula is C16H14N4O5S. The number of nitro benzene ring substituents is 1. The maximum atomic E-state index is 12.7. The van der Waals surface area contributed by atoms with Gasteiger partial charge in [0.1, 0.15) is 11.0 Å². The second-order valence-corrected chi connectivity index (χ2v) is 6.64. The first-order chi connectivity index (χ1) is 12.4. The van der Waals surface area contributed by atoms with Crippen LogP contribution in [0.5, 0.6) is 5.75 Å². The molecule has 0 spiro atoms. The highest BCUT2D eigenvalue weighted by molar-refractivity contribution is 8.00. The number of anilines is 1. The molecule has 1 saturated heterocycles. The Morgan fingerprint density at radius 3 is 2.77 bits per heavy atom. The lowest BCUT2D eigenvalue weighted by atomic mass is 10.2. The van der Waals surface area contributed by atoms with Crippen molar-refractivity contribution in [2.75, 3.05) is 12.0 Å². The molecule has 9 nitrogen and oxygen atoms in total. The Morgan fingerprint density at radius 2 is 2.12 bits per heavy atom. The van der Waals surface area contributed by atoms with Crippen molar-refractivity contribution in [3.05, 3.63) is 46.3 Å². The normalized spacial score (nSPS) is 16.8. The topological polar surface area (TPSA) is 116 Å². The van der Waals surface area contributed by atoms with Crippen LogP contribution in [0.2, 0.25) is 0 Å². The Labute approximate surface area is 152 Å². The van der Waals surface area contributed by atoms with Gasteiger partial charge in [0.2, 0.25) is 11.8 Å². The molecule has 2 amide bonds. The zero-order chi connectivity index (χ0) is 18.8. The van der Waals surface area contributed by atoms with E-state index in [2.05, 4.69) is 9.97 Å². The number of imide groups is 1. The van der Waals surface area contributed by atoms with E-state index >= 15 is 0 Å². The highest BCUT2D eigenvalue weighted by atomic mass is 32.2. The molecule has 134 valence electrons. The van der Waals surface area contributed by atoms with Gasteiger partial charge < -0.3 is 4.74 Å². The Hall–Kier alpha value is -3.01. The number of non-ortho nitro benzene ring substituents is 1. The SMILES string of the molecule is COc1cc([N+](=O)[O-])ccc1N1C(=O)C[C@@H](Sc2nccc(C)n2)C1=O. The second kappa shape index (κ2) is 7.08. The fourth-order valence-electron chi connectivity index (χ4n) is 2.52. The molecule has 2 aromatic rings. The smallest absolute Gasteiger partial charge is 0.273 e. The first-order valence-electron chi connectivity index (χ1n) is 7.56. The number of aromatic nitrogens is 2. The van der Waals surface area contributed by atoms with E-state index < -0.39 is 22.0 Å². The highest BCUT2D eigenvalue weighted by Crippen LogP contribution is 2.38. The number of aryl methyl sites for hydroxylation is 1. The Bertz CT molecular complexity index is 904. The molecule has 1 atom stereocenters. The Kier molecular flexibility index (Phi) is 4.85. The number of ether oxygens (including phenoxy) is 1. The molecule has 0 aliphatic carbocycles. The van der Waals surface area contributed by atoms with Gasteiger partial charge in [-0.2, -0.15) is 0 Å². The molecular weight excluding hydrogens is 360 g/mol. The molecule has 3 rings (SSSR count). The summed E-state index contributed by atoms with van der Waals surface area (Å²) in [6, 6.07) is 5.48. The summed E-state index contributed by atoms with van der Waals surface area (Å²) in [6.07, 6.45) is 1.57. The largest absolute Gasteiger partial charge is 0.494 e. The van der Waals surface area contributed by atoms with Crippen LogP contribution in [0.1, 0.15) is 12.1 Å². The summed E-state index contributed by atoms with van der Waals surface area (Å²) < 4.78 is 5.13. The summed E-state index contributed by atoms with van der Waals surface area (Å²) in [4.78, 5) is 44.8. The quantitative estimate of drug-likeness (QED) is 0.338. The van der Waals surface area contributed by atoms with Crippen LogP contribution in [0.3, 0.4) is 0 Å². The van der Waals surface area contributed by atoms with Gasteiger partial charge in [-0.25, -0.2) is 14.9 Å². The zero-order valence-electron chi connectivity index (χ0n) is 13.9. The highest BCUT2D eigenvalue weighted by Gasteiger charge is 2.42. The van der Waals surface area contributed by atoms with Gasteiger partial charge in [-0.15, -0.1) is 0 Å². The monoisotopic (exact) mass is 374 g/mol. The number of methoxy groups -OCH3 is 1. The molecule has 0 radical (unpaired) electrons. The van der Waals surface area contributed by atoms with E-state index in [4.69, 9.17) is 4.74 Å². The Balaban J connectivity index is 1.88. The number of hydrogen-bond acceptors (Lipinski definition) is 8. The first kappa shape index (κ1) is 17.8. The zero-order valence-corrected chi connectivity index (χ0v) is 14.7. The number of hydrogen-bond donors (Lipinski definition) is 0. The van der Waals surface area contributed by atoms with Crippen molar-refractivity contribution >= 4 is 35.0 Å². The van der Waals surface area contributed by atoms with Gasteiger partial charge in [0.05, 0.1) is 23.8 Å². The predicted octanol–water partition coefficient (Wildman–Crippen LogP) is 2.13. The second-order valence-electron chi connectivity index (χ2n) is 5.47. The number of carbonyl (C=O) groups is 2. The van der Waals surface area contributed by atoms with Gasteiger partial charge in [-0.3, -0.25) is 19.7 Å². The van der Waals surface area contributed by atoms with Gasteiger partial charge in [0, 0.05) is 24.4 Å². The van der Waals surface area contributed by atoms with E-state index in [-0.39, 0.29) is 23.5 Å². The van der Waals surface area contributed by atoms with Crippen molar-refractivity contribution in [3.8, 4) is 5.75 Å². The average Bonchev–Trinajstić information content (AvgIpc) is 2.88. The molecule has 10 heteroatoms. The predicted molar refractivity (Wildman–Crippen MR) is 93.2 cm³/mol. The van der Waals surface area contributed by atoms with Crippen LogP contribution in [-0.4, -0.2) is 39.1 Å². The fraction of sp³-hybridized carbons (Fsp3) is 0.250. The van der Waals surface area contributed by atoms with Crippen LogP contribution in [-0.2, 0) is 9.59 Å². The Morgan fingerprint density at radius 1 is 1.35 bits per heavy atom. The van der Waals surface area contributed by atoms with Gasteiger partial charge in [0.15, 0.2) is 5.16 Å². The van der Waals surface area contributed by atoms with Crippen molar-refractivity contribution in [2.45, 2.75) is 23.8 Å². The lowest BCUT2D eigenvalue weighted by Gasteiger charge is -2.17. The summed E-state index contributed by atoms with van der Waals surface area (Å²) in [5.41, 5.74) is 0.748. The molecule has 0 unspecified atom stereocenters. The van der Waals surface area contributed by atoms with Gasteiger partial charge >= 0.3 is 0 Å². The number of benzene rings is 1. The average molecular weight is 374 g/mol. The minimum absolute atomic E-state index is 0.0130. The minimum atomic E-state index is -0.663. The molecule has 1 aromatic heterocycles. The third-order valence-electron chi connectivity index (χ3n) is 3.74. The van der Waals surface area contributed by atoms with Crippen molar-refractivity contribution in [1.82, 2.24) is 9.97 Å². The van der Waals surface area contributed by atoms with E-state index in [1.807, 2.05) is 0 Å². The van der Waals surface area contributed by atoms with E-state index in [0.29, 0.717) is 5.16 Å². The summed E-state index contributed by atoms with van der Waals surface area (Å²) in [5.74, 6) is -0.761. The minimum Gasteiger partial charge on any atom is -0.494 e. The van der Waals surface area contributed by atoms with Gasteiger partial charge in [-0.05, 0) is 19.1 Å². The lowest BCUT2D eigenvalue weighted by Crippen LogP contribution is -2.31. The van der Waals surface area contributed by atoms with Crippen molar-refractivity contribution in [1.29, 1.82) is 0 Å². The standard InChI is InChI=1S/C16H14N4O5S/c1-9-5-6-17-16(18-9)26-13-8-14(21)19(15(13)22)11-4-3-10(20(23)24)7-12(11)25-2/h3-7,13H,8H2,1-2H3/t13-/m1/s1. The maximum absolute atomic E-state index is 12.7. The molecule has 0 N–H and O–H groups in total. The molecule has 2 heterocycles. The molecule has 26 heavy (non-hydrogen) atoms. The maximum Gasteiger partial charge on any atom is 0.273 e. The summed E-state index contributed by atoms with van der Waals surface area (Å²) in [6.45, 7) is 1.81. The number of nitrogens with zero attached hydrogens (tertiary/aromatic N) is 4. The molecule has 0 saturated carbocycles. The molecule has 1 aliphatic heterocycles. The number of nitro groups is 1. The van der Waals surface area contributed by atoms with Gasteiger partial charge in [0.25, 0.3) is 5.69 Å². The molecule has 0 bridgehead atoms. The van der Waals surface area contributed by atoms with Crippen molar-refractivity contribution < 1.29 is 19.2 Å². The van der Waals surface area contributed by atoms with Crippen LogP contribution in [0.15, 0.2) is 35.6 Å². The number of rotatable bonds is 5. The third-order valence-corrected chi connectivity index (χ3v) is 4.80. The summed E-state index contributed by atoms with van der Waals surface area (Å²) >= 11 is 1.11. The number of carbonyl (C=O) groups excluding carboxylic acids is 2. The van der Waals surface area contributed by atoms with Gasteiger partial charge in [-0.1, -0.05) is 11.8 Å². The molecule has 1 fully saturated rings. The molecule has 1 aromatic carbocycles. The van der Waals surface area contributed by atoms with E-state index in [1.54, 1.807) is 19.2 Å². The number of amides is 2. The van der Waals surface area contributed by atoms with E-state index in [9.17, 15) is 19.7 Å². The third kappa shape index (κ3) is 3.36. The summed E-state index contributed by atoms with van der Waals surface area (Å²) in [7, 11) is 1.32. The molecule has 1 aliphatic rings. The van der Waals surface area contributed by atoms with E-state index in [1.165, 1.54) is 25.3 Å². The first-order valence-corrected chi connectivity index (χ1v) is 8.44. The van der Waals surface area contributed by atoms with Crippen LogP contribution in [0, 0.1) is 17.0 Å². The van der Waals surface area contributed by atoms with Crippen LogP contribution >= 0.6 is 11.8 Å². The van der Waals surface area contributed by atoms with Crippen molar-refractivity contribution in [3.63, 3.8) is 0 Å². The van der Waals surface area contributed by atoms with Crippen LogP contribution in [0.4, 0.5) is 11.4 Å². The van der Waals surface area contributed by atoms with E-state index in [0.717, 1.165) is 22.4 Å². The van der Waals surface area contributed by atoms with Crippen LogP contribution in [0.25, 0.3) is 0 Å². The fourth-order valence-corrected chi connectivity index (χ4v) is 3.53. The van der Waals surface area contributed by atoms with Crippen molar-refractivity contribution in [2.24, 2.45) is 0 Å². The number of thioether (sulfide) groups is 1. The van der Waals surface area contributed by atoms with Crippen LogP contribution < -0.4 is 9.64 Å². The lowest BCUT2D eigenvalue weighted by molar-refractivity contribution is -0.384.